The van der Waals surface area contributed by atoms with Crippen LogP contribution >= 0.6 is 11.9 Å². The molecule has 1 atom stereocenters. The van der Waals surface area contributed by atoms with Crippen molar-refractivity contribution in [3.8, 4) is 5.75 Å². The molecule has 0 saturated carbocycles. The van der Waals surface area contributed by atoms with E-state index in [0.29, 0.717) is 30.6 Å². The first-order chi connectivity index (χ1) is 19.3. The maximum Gasteiger partial charge on any atom is 0.227 e. The number of carbonyl (C=O) groups is 1. The summed E-state index contributed by atoms with van der Waals surface area (Å²) >= 11 is 1.70. The molecule has 0 fully saturated rings. The molecule has 1 unspecified atom stereocenters. The fourth-order valence-electron chi connectivity index (χ4n) is 3.22. The van der Waals surface area contributed by atoms with Gasteiger partial charge in [0.05, 0.1) is 6.42 Å². The molecule has 1 amide bonds. The molecule has 5 nitrogen and oxygen atoms in total. The standard InChI is InChI=1S/C25H34N2O2S.C3H6.C2H6O.2C2H6/c1-4-23(17-20(2)3)26-30-16-10-15-27(19-21-11-6-5-7-12-21)25(29)18-22-13-8-9-14-24(22)28;2*1-3-2;2*1-2/h4-9,11-14,20,23,26,28H,1,10,15-19H2,2-3H3;3H,1H2,2H3;1-2H3;2*1-2H3. The number of ether oxygens (including phenoxy) is 1. The van der Waals surface area contributed by atoms with Crippen LogP contribution in [0.5, 0.6) is 5.75 Å². The van der Waals surface area contributed by atoms with Crippen molar-refractivity contribution >= 4 is 17.9 Å². The summed E-state index contributed by atoms with van der Waals surface area (Å²) in [7, 11) is 3.25. The Hall–Kier alpha value is -2.54. The van der Waals surface area contributed by atoms with Gasteiger partial charge in [-0.25, -0.2) is 0 Å². The van der Waals surface area contributed by atoms with Crippen molar-refractivity contribution in [1.82, 2.24) is 9.62 Å². The van der Waals surface area contributed by atoms with Crippen LogP contribution in [0.2, 0.25) is 0 Å². The first-order valence-electron chi connectivity index (χ1n) is 14.4. The van der Waals surface area contributed by atoms with Gasteiger partial charge in [0.15, 0.2) is 0 Å². The smallest absolute Gasteiger partial charge is 0.227 e. The Bertz CT molecular complexity index is 844. The number of aromatic hydroxyl groups is 1. The Kier molecular flexibility index (Phi) is 32.5. The van der Waals surface area contributed by atoms with E-state index in [2.05, 4.69) is 36.5 Å². The number of allylic oxidation sites excluding steroid dienone is 1. The molecule has 40 heavy (non-hydrogen) atoms. The molecule has 6 heteroatoms. The molecule has 228 valence electrons. The van der Waals surface area contributed by atoms with Crippen LogP contribution in [0.25, 0.3) is 0 Å². The summed E-state index contributed by atoms with van der Waals surface area (Å²) in [5, 5.41) is 10.0. The van der Waals surface area contributed by atoms with Gasteiger partial charge >= 0.3 is 0 Å². The quantitative estimate of drug-likeness (QED) is 0.142. The summed E-state index contributed by atoms with van der Waals surface area (Å²) in [6.45, 7) is 22.8. The second-order valence-electron chi connectivity index (χ2n) is 8.71. The van der Waals surface area contributed by atoms with Crippen LogP contribution in [-0.2, 0) is 22.5 Å². The van der Waals surface area contributed by atoms with Gasteiger partial charge in [-0.3, -0.25) is 9.52 Å². The third-order valence-corrected chi connectivity index (χ3v) is 5.78. The van der Waals surface area contributed by atoms with E-state index in [-0.39, 0.29) is 18.1 Å². The lowest BCUT2D eigenvalue weighted by molar-refractivity contribution is -0.131. The zero-order valence-corrected chi connectivity index (χ0v) is 27.6. The van der Waals surface area contributed by atoms with Gasteiger partial charge < -0.3 is 14.7 Å². The van der Waals surface area contributed by atoms with Crippen molar-refractivity contribution in [2.24, 2.45) is 5.92 Å². The number of phenols is 1. The van der Waals surface area contributed by atoms with Crippen molar-refractivity contribution in [1.29, 1.82) is 0 Å². The molecular weight excluding hydrogens is 516 g/mol. The largest absolute Gasteiger partial charge is 0.508 e. The van der Waals surface area contributed by atoms with E-state index < -0.39 is 0 Å². The number of hydrogen-bond donors (Lipinski definition) is 2. The zero-order chi connectivity index (χ0) is 31.2. The third-order valence-electron chi connectivity index (χ3n) is 4.82. The van der Waals surface area contributed by atoms with Crippen molar-refractivity contribution < 1.29 is 14.6 Å². The molecule has 2 aromatic carbocycles. The summed E-state index contributed by atoms with van der Waals surface area (Å²) in [5.41, 5.74) is 1.77. The zero-order valence-electron chi connectivity index (χ0n) is 26.8. The number of rotatable bonds is 13. The number of methoxy groups -OCH3 is 1. The average Bonchev–Trinajstić information content (AvgIpc) is 2.96. The molecule has 0 aliphatic carbocycles. The van der Waals surface area contributed by atoms with Crippen molar-refractivity contribution in [3.05, 3.63) is 91.0 Å². The first kappa shape index (κ1) is 41.9. The first-order valence-corrected chi connectivity index (χ1v) is 15.4. The van der Waals surface area contributed by atoms with E-state index >= 15 is 0 Å². The molecule has 2 N–H and O–H groups in total. The lowest BCUT2D eigenvalue weighted by Gasteiger charge is -2.23. The lowest BCUT2D eigenvalue weighted by Crippen LogP contribution is -2.33. The fraction of sp³-hybridized carbons (Fsp3) is 0.500. The Morgan fingerprint density at radius 2 is 1.55 bits per heavy atom. The number of amides is 1. The van der Waals surface area contributed by atoms with Gasteiger partial charge in [0.2, 0.25) is 5.91 Å². The highest BCUT2D eigenvalue weighted by Crippen LogP contribution is 2.18. The van der Waals surface area contributed by atoms with E-state index in [1.165, 1.54) is 0 Å². The number of nitrogens with one attached hydrogen (secondary N) is 1. The summed E-state index contributed by atoms with van der Waals surface area (Å²) in [6.07, 6.45) is 5.88. The van der Waals surface area contributed by atoms with E-state index in [1.54, 1.807) is 50.4 Å². The van der Waals surface area contributed by atoms with Gasteiger partial charge in [-0.15, -0.1) is 13.2 Å². The number of carbonyl (C=O) groups excluding carboxylic acids is 1. The number of benzene rings is 2. The van der Waals surface area contributed by atoms with E-state index in [9.17, 15) is 9.90 Å². The van der Waals surface area contributed by atoms with Crippen LogP contribution in [0.1, 0.15) is 72.4 Å². The summed E-state index contributed by atoms with van der Waals surface area (Å²) in [4.78, 5) is 14.9. The van der Waals surface area contributed by atoms with Crippen LogP contribution in [-0.4, -0.2) is 48.5 Å². The average molecular weight is 575 g/mol. The molecule has 2 aromatic rings. The van der Waals surface area contributed by atoms with Crippen molar-refractivity contribution in [2.75, 3.05) is 26.5 Å². The monoisotopic (exact) mass is 574 g/mol. The Balaban J connectivity index is -0.00000121. The molecule has 0 saturated heterocycles. The van der Waals surface area contributed by atoms with Gasteiger partial charge in [-0.1, -0.05) is 114 Å². The molecule has 2 rings (SSSR count). The maximum atomic E-state index is 13.0. The predicted octanol–water partition coefficient (Wildman–Crippen LogP) is 8.70. The highest BCUT2D eigenvalue weighted by atomic mass is 32.2. The van der Waals surface area contributed by atoms with Gasteiger partial charge in [0, 0.05) is 44.7 Å². The Labute approximate surface area is 251 Å². The molecule has 0 radical (unpaired) electrons. The molecule has 0 aliphatic rings. The number of nitrogens with zero attached hydrogens (tertiary/aromatic N) is 1. The molecule has 0 heterocycles. The third kappa shape index (κ3) is 23.4. The number of hydrogen-bond acceptors (Lipinski definition) is 5. The van der Waals surface area contributed by atoms with Crippen LogP contribution in [0.15, 0.2) is 79.9 Å². The molecule has 0 spiro atoms. The second-order valence-corrected chi connectivity index (χ2v) is 9.65. The SMILES string of the molecule is C=CC.C=CC(CC(C)C)NSCCCN(Cc1ccccc1)C(=O)Cc1ccccc1O.CC.CC.COC. The van der Waals surface area contributed by atoms with E-state index in [0.717, 1.165) is 24.2 Å². The van der Waals surface area contributed by atoms with Crippen LogP contribution in [0.4, 0.5) is 0 Å². The Morgan fingerprint density at radius 3 is 2.05 bits per heavy atom. The minimum atomic E-state index is 0.0297. The van der Waals surface area contributed by atoms with Gasteiger partial charge in [0.1, 0.15) is 5.75 Å². The topological polar surface area (TPSA) is 61.8 Å². The highest BCUT2D eigenvalue weighted by Gasteiger charge is 2.16. The second kappa shape index (κ2) is 31.0. The van der Waals surface area contributed by atoms with Gasteiger partial charge in [0.25, 0.3) is 0 Å². The lowest BCUT2D eigenvalue weighted by atomic mass is 10.1. The normalized spacial score (nSPS) is 10.1. The van der Waals surface area contributed by atoms with E-state index in [1.807, 2.05) is 82.0 Å². The molecular formula is C34H58N2O3S. The minimum absolute atomic E-state index is 0.0297. The predicted molar refractivity (Wildman–Crippen MR) is 179 cm³/mol. The number of phenolic OH excluding ortho intramolecular Hbond substituents is 1. The van der Waals surface area contributed by atoms with Crippen LogP contribution in [0, 0.1) is 5.92 Å². The Morgan fingerprint density at radius 1 is 1.02 bits per heavy atom. The summed E-state index contributed by atoms with van der Waals surface area (Å²) in [5.74, 6) is 1.74. The van der Waals surface area contributed by atoms with Gasteiger partial charge in [-0.05, 0) is 37.3 Å². The molecule has 0 aromatic heterocycles. The fourth-order valence-corrected chi connectivity index (χ4v) is 4.02. The van der Waals surface area contributed by atoms with Crippen LogP contribution < -0.4 is 4.72 Å². The highest BCUT2D eigenvalue weighted by molar-refractivity contribution is 7.97. The van der Waals surface area contributed by atoms with Crippen molar-refractivity contribution in [3.63, 3.8) is 0 Å². The molecule has 0 bridgehead atoms. The van der Waals surface area contributed by atoms with E-state index in [4.69, 9.17) is 0 Å². The maximum absolute atomic E-state index is 13.0. The summed E-state index contributed by atoms with van der Waals surface area (Å²) < 4.78 is 7.71. The van der Waals surface area contributed by atoms with Crippen LogP contribution in [0.3, 0.4) is 0 Å². The molecule has 0 aliphatic heterocycles. The van der Waals surface area contributed by atoms with Crippen molar-refractivity contribution in [2.45, 2.75) is 80.3 Å². The van der Waals surface area contributed by atoms with Gasteiger partial charge in [-0.2, -0.15) is 0 Å². The summed E-state index contributed by atoms with van der Waals surface area (Å²) in [6, 6.07) is 17.4. The minimum Gasteiger partial charge on any atom is -0.508 e. The number of para-hydroxylation sites is 1.